The Kier molecular flexibility index (Phi) is 21.2. The first-order chi connectivity index (χ1) is 67.6. The minimum Gasteiger partial charge on any atom is -0.309 e. The highest BCUT2D eigenvalue weighted by atomic mass is 15.0. The number of nitrogens with zero attached hydrogens (tertiary/aromatic N) is 5. The Hall–Kier alpha value is -17.6. The van der Waals surface area contributed by atoms with Gasteiger partial charge < -0.3 is 4.57 Å². The van der Waals surface area contributed by atoms with Gasteiger partial charge in [0.25, 0.3) is 0 Å². The van der Waals surface area contributed by atoms with Crippen LogP contribution in [-0.2, 0) is 10.8 Å². The lowest BCUT2D eigenvalue weighted by Gasteiger charge is -2.34. The minimum absolute atomic E-state index is 0.112. The third kappa shape index (κ3) is 15.3. The Bertz CT molecular complexity index is 8190. The smallest absolute Gasteiger partial charge is 0.0713 e. The van der Waals surface area contributed by atoms with Crippen LogP contribution in [0.1, 0.15) is 47.2 Å². The molecule has 0 saturated heterocycles. The van der Waals surface area contributed by atoms with Crippen molar-refractivity contribution in [3.63, 3.8) is 0 Å². The molecule has 0 amide bonds. The van der Waals surface area contributed by atoms with Crippen LogP contribution >= 0.6 is 0 Å². The van der Waals surface area contributed by atoms with E-state index >= 15 is 0 Å². The summed E-state index contributed by atoms with van der Waals surface area (Å²) in [5, 5.41) is 2.49. The van der Waals surface area contributed by atoms with E-state index in [0.29, 0.717) is 0 Å². The summed E-state index contributed by atoms with van der Waals surface area (Å²) in [6.45, 7) is 4.74. The molecule has 0 spiro atoms. The molecule has 25 rings (SSSR count). The van der Waals surface area contributed by atoms with Gasteiger partial charge in [-0.15, -0.1) is 0 Å². The van der Waals surface area contributed by atoms with E-state index in [0.717, 1.165) is 111 Å². The van der Waals surface area contributed by atoms with Gasteiger partial charge in [-0.1, -0.05) is 323 Å². The van der Waals surface area contributed by atoms with E-state index in [1.165, 1.54) is 128 Å². The summed E-state index contributed by atoms with van der Waals surface area (Å²) >= 11 is 0. The molecule has 0 aliphatic heterocycles. The van der Waals surface area contributed by atoms with Gasteiger partial charge in [-0.2, -0.15) is 0 Å². The Balaban J connectivity index is 0.000000150. The number of benzene rings is 18. The molecule has 0 saturated carbocycles. The van der Waals surface area contributed by atoms with Crippen LogP contribution in [0.15, 0.2) is 517 Å². The average Bonchev–Trinajstić information content (AvgIpc) is 1.46. The zero-order valence-electron chi connectivity index (χ0n) is 75.8. The van der Waals surface area contributed by atoms with Gasteiger partial charge in [0.2, 0.25) is 0 Å². The maximum atomic E-state index is 4.39. The second kappa shape index (κ2) is 35.1. The van der Waals surface area contributed by atoms with E-state index in [4.69, 9.17) is 0 Å². The third-order valence-electron chi connectivity index (χ3n) is 28.1. The number of hydrogen-bond donors (Lipinski definition) is 0. The van der Waals surface area contributed by atoms with E-state index in [9.17, 15) is 0 Å². The summed E-state index contributed by atoms with van der Waals surface area (Å²) in [7, 11) is 0. The van der Waals surface area contributed by atoms with Crippen LogP contribution in [0.5, 0.6) is 0 Å². The number of fused-ring (bicyclic) bond motifs is 9. The monoisotopic (exact) mass is 1750 g/mol. The predicted octanol–water partition coefficient (Wildman–Crippen LogP) is 34.1. The van der Waals surface area contributed by atoms with Gasteiger partial charge in [0.05, 0.1) is 16.4 Å². The maximum Gasteiger partial charge on any atom is 0.0713 e. The van der Waals surface area contributed by atoms with Crippen LogP contribution in [0, 0.1) is 0 Å². The first-order valence-corrected chi connectivity index (χ1v) is 47.0. The van der Waals surface area contributed by atoms with E-state index in [2.05, 4.69) is 493 Å². The highest BCUT2D eigenvalue weighted by molar-refractivity contribution is 6.13. The average molecular weight is 1750 g/mol. The van der Waals surface area contributed by atoms with E-state index in [1.54, 1.807) is 0 Å². The molecule has 0 radical (unpaired) electrons. The number of hydrogen-bond acceptors (Lipinski definition) is 4. The predicted molar refractivity (Wildman–Crippen MR) is 569 cm³/mol. The number of pyridine rings is 4. The molecule has 0 unspecified atom stereocenters. The molecular weight excluding hydrogens is 1660 g/mol. The summed E-state index contributed by atoms with van der Waals surface area (Å²) in [4.78, 5) is 17.3. The molecule has 5 nitrogen and oxygen atoms in total. The normalized spacial score (nSPS) is 12.4. The summed E-state index contributed by atoms with van der Waals surface area (Å²) in [6, 6.07) is 172. The number of rotatable bonds is 17. The van der Waals surface area contributed by atoms with Crippen molar-refractivity contribution in [2.24, 2.45) is 0 Å². The van der Waals surface area contributed by atoms with Crippen LogP contribution in [-0.4, -0.2) is 24.5 Å². The largest absolute Gasteiger partial charge is 0.309 e. The summed E-state index contributed by atoms with van der Waals surface area (Å²) in [6.07, 6.45) is 14.9. The summed E-state index contributed by atoms with van der Waals surface area (Å²) < 4.78 is 2.46. The van der Waals surface area contributed by atoms with Crippen molar-refractivity contribution in [2.45, 2.75) is 24.7 Å². The standard InChI is InChI=1S/C67H47N3.C65H44N2/c1-67(2)63-23-7-6-22-59(63)60-42-62-61-41-54(24-25-65(61)70(66(62)43-64(60)67)58-20-4-3-5-21-58)57-39-55(52-18-10-16-50(36-52)48-14-8-12-46(34-48)44-26-30-68-31-27-44)38-56(40-57)53-19-11-17-51(37-53)49-15-9-13-47(35-49)45-28-32-69-33-29-45;1-3-26-58(27-4-1)65(59-28-5-2-6-29-59)62-32-8-7-30-61(62)64-60(31-13-33-63(64)65)57-41-55(51-22-11-18-47(38-51)45-16-9-20-49(36-45)53-24-14-34-66-43-53)40-56(42-57)52-23-12-19-48(39-52)46-17-10-21-50(37-46)54-25-15-35-67-44-54/h3-43H,1-2H3;1-44H. The lowest BCUT2D eigenvalue weighted by molar-refractivity contribution is 0.661. The molecule has 5 heteroatoms. The fraction of sp³-hybridized carbons (Fsp3) is 0.0303. The van der Waals surface area contributed by atoms with Gasteiger partial charge >= 0.3 is 0 Å². The number of aromatic nitrogens is 5. The first kappa shape index (κ1) is 82.5. The lowest BCUT2D eigenvalue weighted by Crippen LogP contribution is -2.28. The van der Waals surface area contributed by atoms with Crippen LogP contribution in [0.3, 0.4) is 0 Å². The topological polar surface area (TPSA) is 56.5 Å². The Morgan fingerprint density at radius 2 is 0.489 bits per heavy atom. The first-order valence-electron chi connectivity index (χ1n) is 47.0. The molecule has 2 aliphatic rings. The van der Waals surface area contributed by atoms with Crippen molar-refractivity contribution in [3.8, 4) is 184 Å². The molecule has 5 aromatic heterocycles. The van der Waals surface area contributed by atoms with Crippen molar-refractivity contribution in [1.29, 1.82) is 0 Å². The molecular formula is C132H91N5. The molecule has 0 bridgehead atoms. The summed E-state index contributed by atoms with van der Waals surface area (Å²) in [5.41, 5.74) is 48.5. The molecule has 0 N–H and O–H groups in total. The van der Waals surface area contributed by atoms with Gasteiger partial charge in [-0.25, -0.2) is 0 Å². The van der Waals surface area contributed by atoms with Crippen molar-refractivity contribution in [3.05, 3.63) is 550 Å². The van der Waals surface area contributed by atoms with Gasteiger partial charge in [0, 0.05) is 82.6 Å². The molecule has 2 aliphatic carbocycles. The fourth-order valence-electron chi connectivity index (χ4n) is 21.4. The Morgan fingerprint density at radius 1 is 0.175 bits per heavy atom. The van der Waals surface area contributed by atoms with Crippen molar-refractivity contribution < 1.29 is 0 Å². The van der Waals surface area contributed by atoms with Crippen LogP contribution in [0.25, 0.3) is 206 Å². The van der Waals surface area contributed by atoms with E-state index in [1.807, 2.05) is 61.7 Å². The van der Waals surface area contributed by atoms with Crippen molar-refractivity contribution >= 4 is 21.8 Å². The lowest BCUT2D eigenvalue weighted by atomic mass is 9.67. The van der Waals surface area contributed by atoms with Crippen molar-refractivity contribution in [2.75, 3.05) is 0 Å². The quantitative estimate of drug-likeness (QED) is 0.0912. The molecule has 23 aromatic rings. The Morgan fingerprint density at radius 3 is 0.905 bits per heavy atom. The maximum absolute atomic E-state index is 4.39. The molecule has 5 heterocycles. The SMILES string of the molecule is CC1(C)c2ccccc2-c2cc3c4cc(-c5cc(-c6cccc(-c7cccc(-c8ccncc8)c7)c6)cc(-c6cccc(-c7cccc(-c8ccncc8)c7)c6)c5)ccc4n(-c4ccccc4)c3cc21.c1ccc(C2(c3ccccc3)c3ccccc3-c3c(-c4cc(-c5cccc(-c6cccc(-c7cccnc7)c6)c5)cc(-c5cccc(-c6cccc(-c7cccnc7)c6)c5)c4)cccc32)cc1. The molecule has 0 atom stereocenters. The van der Waals surface area contributed by atoms with Crippen LogP contribution in [0.2, 0.25) is 0 Å². The van der Waals surface area contributed by atoms with Gasteiger partial charge in [0.15, 0.2) is 0 Å². The van der Waals surface area contributed by atoms with E-state index in [-0.39, 0.29) is 5.41 Å². The second-order valence-electron chi connectivity index (χ2n) is 36.4. The third-order valence-corrected chi connectivity index (χ3v) is 28.1. The second-order valence-corrected chi connectivity index (χ2v) is 36.4. The summed E-state index contributed by atoms with van der Waals surface area (Å²) in [5.74, 6) is 0. The molecule has 0 fully saturated rings. The highest BCUT2D eigenvalue weighted by Gasteiger charge is 2.47. The number of para-hydroxylation sites is 1. The van der Waals surface area contributed by atoms with Crippen LogP contribution in [0.4, 0.5) is 0 Å². The van der Waals surface area contributed by atoms with E-state index < -0.39 is 5.41 Å². The van der Waals surface area contributed by atoms with Gasteiger partial charge in [-0.3, -0.25) is 19.9 Å². The molecule has 644 valence electrons. The molecule has 18 aromatic carbocycles. The zero-order valence-corrected chi connectivity index (χ0v) is 75.8. The Labute approximate surface area is 799 Å². The van der Waals surface area contributed by atoms with Crippen LogP contribution < -0.4 is 0 Å². The van der Waals surface area contributed by atoms with Gasteiger partial charge in [-0.05, 0) is 358 Å². The zero-order chi connectivity index (χ0) is 91.3. The fourth-order valence-corrected chi connectivity index (χ4v) is 21.4. The molecule has 137 heavy (non-hydrogen) atoms. The highest BCUT2D eigenvalue weighted by Crippen LogP contribution is 2.59. The van der Waals surface area contributed by atoms with Crippen molar-refractivity contribution in [1.82, 2.24) is 24.5 Å². The van der Waals surface area contributed by atoms with Gasteiger partial charge in [0.1, 0.15) is 0 Å². The minimum atomic E-state index is -0.498.